The normalized spacial score (nSPS) is 12.0. The number of halogens is 4. The summed E-state index contributed by atoms with van der Waals surface area (Å²) >= 11 is 15.1. The molecular weight excluding hydrogens is 380 g/mol. The Morgan fingerprint density at radius 2 is 1.95 bits per heavy atom. The van der Waals surface area contributed by atoms with Crippen molar-refractivity contribution >= 4 is 45.0 Å². The second-order valence-corrected chi connectivity index (χ2v) is 6.18. The zero-order valence-electron chi connectivity index (χ0n) is 11.0. The fourth-order valence-corrected chi connectivity index (χ4v) is 2.98. The number of benzene rings is 2. The summed E-state index contributed by atoms with van der Waals surface area (Å²) in [6.07, 6.45) is 0. The zero-order valence-corrected chi connectivity index (χ0v) is 14.1. The van der Waals surface area contributed by atoms with Crippen LogP contribution in [0.25, 0.3) is 0 Å². The number of hydrogen-bond donors (Lipinski definition) is 1. The summed E-state index contributed by atoms with van der Waals surface area (Å²) in [5.41, 5.74) is 1.11. The highest BCUT2D eigenvalue weighted by Crippen LogP contribution is 2.27. The van der Waals surface area contributed by atoms with Crippen molar-refractivity contribution in [3.63, 3.8) is 0 Å². The van der Waals surface area contributed by atoms with Crippen LogP contribution in [0.5, 0.6) is 0 Å². The molecule has 0 radical (unpaired) electrons. The van der Waals surface area contributed by atoms with Crippen LogP contribution in [0.2, 0.25) is 10.0 Å². The third kappa shape index (κ3) is 3.96. The molecule has 1 amide bonds. The standard InChI is InChI=1S/C15H11BrCl2FNO/c1-8(11-4-2-9(17)6-14(11)18)20-15(21)12-5-3-10(19)7-13(12)16/h2-8H,1H3,(H,20,21). The lowest BCUT2D eigenvalue weighted by atomic mass is 10.1. The molecule has 0 aliphatic rings. The van der Waals surface area contributed by atoms with Crippen LogP contribution in [0.15, 0.2) is 40.9 Å². The quantitative estimate of drug-likeness (QED) is 0.748. The first kappa shape index (κ1) is 16.3. The summed E-state index contributed by atoms with van der Waals surface area (Å²) in [6, 6.07) is 8.68. The molecule has 2 nitrogen and oxygen atoms in total. The highest BCUT2D eigenvalue weighted by Gasteiger charge is 2.16. The highest BCUT2D eigenvalue weighted by atomic mass is 79.9. The molecule has 1 unspecified atom stereocenters. The number of hydrogen-bond acceptors (Lipinski definition) is 1. The summed E-state index contributed by atoms with van der Waals surface area (Å²) in [6.45, 7) is 1.81. The van der Waals surface area contributed by atoms with Crippen LogP contribution in [0.4, 0.5) is 4.39 Å². The summed E-state index contributed by atoms with van der Waals surface area (Å²) in [5, 5.41) is 3.83. The summed E-state index contributed by atoms with van der Waals surface area (Å²) in [7, 11) is 0. The Labute approximate surface area is 140 Å². The molecule has 2 rings (SSSR count). The molecule has 2 aromatic carbocycles. The fraction of sp³-hybridized carbons (Fsp3) is 0.133. The predicted molar refractivity (Wildman–Crippen MR) is 86.4 cm³/mol. The summed E-state index contributed by atoms with van der Waals surface area (Å²) in [4.78, 5) is 12.2. The molecule has 2 aromatic rings. The van der Waals surface area contributed by atoms with Crippen molar-refractivity contribution in [2.24, 2.45) is 0 Å². The van der Waals surface area contributed by atoms with Gasteiger partial charge in [-0.2, -0.15) is 0 Å². The molecule has 0 aromatic heterocycles. The lowest BCUT2D eigenvalue weighted by Crippen LogP contribution is -2.27. The first-order valence-corrected chi connectivity index (χ1v) is 7.64. The average Bonchev–Trinajstić information content (AvgIpc) is 2.37. The molecule has 6 heteroatoms. The zero-order chi connectivity index (χ0) is 15.6. The second kappa shape index (κ2) is 6.77. The molecule has 21 heavy (non-hydrogen) atoms. The molecule has 0 heterocycles. The van der Waals surface area contributed by atoms with Crippen LogP contribution in [0.3, 0.4) is 0 Å². The Kier molecular flexibility index (Phi) is 5.25. The molecule has 0 fully saturated rings. The smallest absolute Gasteiger partial charge is 0.252 e. The summed E-state index contributed by atoms with van der Waals surface area (Å²) < 4.78 is 13.4. The molecule has 0 saturated carbocycles. The number of amides is 1. The SMILES string of the molecule is CC(NC(=O)c1ccc(F)cc1Br)c1ccc(Cl)cc1Cl. The third-order valence-electron chi connectivity index (χ3n) is 2.95. The topological polar surface area (TPSA) is 29.1 Å². The van der Waals surface area contributed by atoms with Gasteiger partial charge in [0.25, 0.3) is 5.91 Å². The molecule has 110 valence electrons. The van der Waals surface area contributed by atoms with Crippen LogP contribution >= 0.6 is 39.1 Å². The fourth-order valence-electron chi connectivity index (χ4n) is 1.88. The Morgan fingerprint density at radius 3 is 2.57 bits per heavy atom. The van der Waals surface area contributed by atoms with E-state index in [-0.39, 0.29) is 11.9 Å². The molecule has 1 N–H and O–H groups in total. The lowest BCUT2D eigenvalue weighted by molar-refractivity contribution is 0.0939. The largest absolute Gasteiger partial charge is 0.345 e. The predicted octanol–water partition coefficient (Wildman–Crippen LogP) is 5.39. The van der Waals surface area contributed by atoms with Gasteiger partial charge in [-0.05, 0) is 58.7 Å². The van der Waals surface area contributed by atoms with Gasteiger partial charge in [0.2, 0.25) is 0 Å². The minimum absolute atomic E-state index is 0.306. The van der Waals surface area contributed by atoms with Crippen LogP contribution in [0.1, 0.15) is 28.9 Å². The number of carbonyl (C=O) groups excluding carboxylic acids is 1. The van der Waals surface area contributed by atoms with Crippen LogP contribution in [-0.4, -0.2) is 5.91 Å². The van der Waals surface area contributed by atoms with Gasteiger partial charge in [-0.1, -0.05) is 29.3 Å². The molecular formula is C15H11BrCl2FNO. The van der Waals surface area contributed by atoms with E-state index in [4.69, 9.17) is 23.2 Å². The van der Waals surface area contributed by atoms with Crippen molar-refractivity contribution in [3.05, 3.63) is 67.9 Å². The van der Waals surface area contributed by atoms with Crippen LogP contribution < -0.4 is 5.32 Å². The van der Waals surface area contributed by atoms with Crippen LogP contribution in [0, 0.1) is 5.82 Å². The van der Waals surface area contributed by atoms with Gasteiger partial charge in [0.1, 0.15) is 5.82 Å². The number of carbonyl (C=O) groups is 1. The molecule has 0 saturated heterocycles. The Morgan fingerprint density at radius 1 is 1.24 bits per heavy atom. The van der Waals surface area contributed by atoms with E-state index in [1.165, 1.54) is 18.2 Å². The molecule has 1 atom stereocenters. The average molecular weight is 391 g/mol. The molecule has 0 aliphatic heterocycles. The van der Waals surface area contributed by atoms with E-state index in [1.54, 1.807) is 18.2 Å². The van der Waals surface area contributed by atoms with Gasteiger partial charge in [-0.3, -0.25) is 4.79 Å². The maximum absolute atomic E-state index is 13.0. The van der Waals surface area contributed by atoms with Gasteiger partial charge in [0, 0.05) is 14.5 Å². The maximum atomic E-state index is 13.0. The Balaban J connectivity index is 2.18. The Hall–Kier alpha value is -1.10. The maximum Gasteiger partial charge on any atom is 0.252 e. The van der Waals surface area contributed by atoms with E-state index in [0.29, 0.717) is 20.1 Å². The highest BCUT2D eigenvalue weighted by molar-refractivity contribution is 9.10. The van der Waals surface area contributed by atoms with Crippen molar-refractivity contribution in [2.45, 2.75) is 13.0 Å². The third-order valence-corrected chi connectivity index (χ3v) is 4.17. The van der Waals surface area contributed by atoms with Gasteiger partial charge in [-0.25, -0.2) is 4.39 Å². The van der Waals surface area contributed by atoms with E-state index in [0.717, 1.165) is 5.56 Å². The van der Waals surface area contributed by atoms with E-state index < -0.39 is 5.82 Å². The van der Waals surface area contributed by atoms with Gasteiger partial charge >= 0.3 is 0 Å². The number of rotatable bonds is 3. The molecule has 0 aliphatic carbocycles. The minimum atomic E-state index is -0.410. The van der Waals surface area contributed by atoms with Crippen molar-refractivity contribution in [2.75, 3.05) is 0 Å². The van der Waals surface area contributed by atoms with Gasteiger partial charge in [0.15, 0.2) is 0 Å². The molecule has 0 bridgehead atoms. The first-order valence-electron chi connectivity index (χ1n) is 6.09. The van der Waals surface area contributed by atoms with Crippen molar-refractivity contribution in [3.8, 4) is 0 Å². The summed E-state index contributed by atoms with van der Waals surface area (Å²) in [5.74, 6) is -0.729. The minimum Gasteiger partial charge on any atom is -0.345 e. The number of nitrogens with one attached hydrogen (secondary N) is 1. The second-order valence-electron chi connectivity index (χ2n) is 4.49. The van der Waals surface area contributed by atoms with E-state index in [2.05, 4.69) is 21.2 Å². The van der Waals surface area contributed by atoms with E-state index in [9.17, 15) is 9.18 Å². The molecule has 0 spiro atoms. The van der Waals surface area contributed by atoms with Crippen molar-refractivity contribution < 1.29 is 9.18 Å². The lowest BCUT2D eigenvalue weighted by Gasteiger charge is -2.16. The van der Waals surface area contributed by atoms with Gasteiger partial charge in [0.05, 0.1) is 11.6 Å². The first-order chi connectivity index (χ1) is 9.88. The van der Waals surface area contributed by atoms with E-state index >= 15 is 0 Å². The van der Waals surface area contributed by atoms with Gasteiger partial charge < -0.3 is 5.32 Å². The van der Waals surface area contributed by atoms with E-state index in [1.807, 2.05) is 6.92 Å². The monoisotopic (exact) mass is 389 g/mol. The van der Waals surface area contributed by atoms with Crippen molar-refractivity contribution in [1.82, 2.24) is 5.32 Å². The Bertz CT molecular complexity index is 693. The van der Waals surface area contributed by atoms with Gasteiger partial charge in [-0.15, -0.1) is 0 Å². The van der Waals surface area contributed by atoms with Crippen LogP contribution in [-0.2, 0) is 0 Å². The van der Waals surface area contributed by atoms with Crippen molar-refractivity contribution in [1.29, 1.82) is 0 Å².